The second-order valence-corrected chi connectivity index (χ2v) is 3.54. The number of hydrogen-bond donors (Lipinski definition) is 1. The fraction of sp³-hybridized carbons (Fsp3) is 0.375. The number of aromatic carboxylic acids is 1. The van der Waals surface area contributed by atoms with Crippen molar-refractivity contribution in [2.24, 2.45) is 0 Å². The third-order valence-corrected chi connectivity index (χ3v) is 2.25. The monoisotopic (exact) mass is 277 g/mol. The standard InChI is InChI=1S/C8H6F3N5O3/c1-3-4(14-19-13-3)2-16-6(8(9,10)11)5(7(17)18)12-15-16/h2H2,1H3,(H,17,18). The molecule has 0 aliphatic carbocycles. The van der Waals surface area contributed by atoms with Crippen LogP contribution in [0.5, 0.6) is 0 Å². The van der Waals surface area contributed by atoms with E-state index in [0.29, 0.717) is 4.68 Å². The fourth-order valence-electron chi connectivity index (χ4n) is 1.38. The molecule has 2 aromatic heterocycles. The van der Waals surface area contributed by atoms with Crippen molar-refractivity contribution >= 4 is 5.97 Å². The predicted octanol–water partition coefficient (Wildman–Crippen LogP) is 0.735. The summed E-state index contributed by atoms with van der Waals surface area (Å²) in [5.41, 5.74) is -2.24. The van der Waals surface area contributed by atoms with Crippen LogP contribution >= 0.6 is 0 Å². The van der Waals surface area contributed by atoms with Gasteiger partial charge in [-0.2, -0.15) is 13.2 Å². The molecule has 0 spiro atoms. The summed E-state index contributed by atoms with van der Waals surface area (Å²) < 4.78 is 43.2. The minimum atomic E-state index is -4.90. The van der Waals surface area contributed by atoms with E-state index in [-0.39, 0.29) is 11.4 Å². The molecule has 8 nitrogen and oxygen atoms in total. The third kappa shape index (κ3) is 2.39. The van der Waals surface area contributed by atoms with Gasteiger partial charge in [0.2, 0.25) is 5.69 Å². The lowest BCUT2D eigenvalue weighted by Crippen LogP contribution is -2.19. The van der Waals surface area contributed by atoms with Crippen LogP contribution in [0.2, 0.25) is 0 Å². The van der Waals surface area contributed by atoms with Crippen molar-refractivity contribution in [3.05, 3.63) is 22.8 Å². The average molecular weight is 277 g/mol. The van der Waals surface area contributed by atoms with Gasteiger partial charge in [-0.25, -0.2) is 14.1 Å². The highest BCUT2D eigenvalue weighted by molar-refractivity contribution is 5.86. The van der Waals surface area contributed by atoms with E-state index in [1.807, 2.05) is 0 Å². The van der Waals surface area contributed by atoms with Crippen LogP contribution in [0.25, 0.3) is 0 Å². The molecule has 0 saturated heterocycles. The molecule has 2 aromatic rings. The Morgan fingerprint density at radius 1 is 1.42 bits per heavy atom. The number of alkyl halides is 3. The Labute approximate surface area is 102 Å². The molecule has 11 heteroatoms. The number of carboxylic acids is 1. The molecule has 0 saturated carbocycles. The molecule has 0 unspecified atom stereocenters. The quantitative estimate of drug-likeness (QED) is 0.881. The summed E-state index contributed by atoms with van der Waals surface area (Å²) in [6.45, 7) is 1.04. The first-order valence-corrected chi connectivity index (χ1v) is 4.82. The largest absolute Gasteiger partial charge is 0.476 e. The average Bonchev–Trinajstić information content (AvgIpc) is 2.85. The van der Waals surface area contributed by atoms with Crippen LogP contribution in [0.15, 0.2) is 4.63 Å². The summed E-state index contributed by atoms with van der Waals surface area (Å²) in [4.78, 5) is 10.7. The summed E-state index contributed by atoms with van der Waals surface area (Å²) in [6.07, 6.45) is -4.90. The second-order valence-electron chi connectivity index (χ2n) is 3.54. The van der Waals surface area contributed by atoms with Gasteiger partial charge in [0, 0.05) is 0 Å². The summed E-state index contributed by atoms with van der Waals surface area (Å²) in [7, 11) is 0. The molecule has 0 amide bonds. The summed E-state index contributed by atoms with van der Waals surface area (Å²) in [5.74, 6) is -1.81. The van der Waals surface area contributed by atoms with Crippen molar-refractivity contribution < 1.29 is 27.7 Å². The van der Waals surface area contributed by atoms with Gasteiger partial charge < -0.3 is 5.11 Å². The Morgan fingerprint density at radius 2 is 2.11 bits per heavy atom. The number of aryl methyl sites for hydroxylation is 1. The Bertz CT molecular complexity index is 617. The van der Waals surface area contributed by atoms with Gasteiger partial charge in [-0.1, -0.05) is 15.5 Å². The van der Waals surface area contributed by atoms with E-state index < -0.39 is 30.1 Å². The topological polar surface area (TPSA) is 107 Å². The molecule has 0 fully saturated rings. The molecule has 2 heterocycles. The number of aromatic nitrogens is 5. The van der Waals surface area contributed by atoms with Gasteiger partial charge in [-0.3, -0.25) is 0 Å². The summed E-state index contributed by atoms with van der Waals surface area (Å²) >= 11 is 0. The van der Waals surface area contributed by atoms with Gasteiger partial charge in [0.15, 0.2) is 5.69 Å². The normalized spacial score (nSPS) is 11.8. The van der Waals surface area contributed by atoms with Crippen LogP contribution in [0, 0.1) is 6.92 Å². The molecule has 0 atom stereocenters. The van der Waals surface area contributed by atoms with E-state index in [9.17, 15) is 18.0 Å². The molecule has 102 valence electrons. The third-order valence-electron chi connectivity index (χ3n) is 2.25. The molecule has 2 rings (SSSR count). The lowest BCUT2D eigenvalue weighted by Gasteiger charge is -2.08. The second kappa shape index (κ2) is 4.33. The number of carbonyl (C=O) groups is 1. The van der Waals surface area contributed by atoms with Crippen molar-refractivity contribution in [3.63, 3.8) is 0 Å². The number of hydrogen-bond acceptors (Lipinski definition) is 6. The maximum absolute atomic E-state index is 12.8. The predicted molar refractivity (Wildman–Crippen MR) is 50.1 cm³/mol. The van der Waals surface area contributed by atoms with Gasteiger partial charge in [0.1, 0.15) is 11.4 Å². The zero-order valence-corrected chi connectivity index (χ0v) is 9.34. The maximum Gasteiger partial charge on any atom is 0.435 e. The van der Waals surface area contributed by atoms with E-state index >= 15 is 0 Å². The van der Waals surface area contributed by atoms with Crippen molar-refractivity contribution in [2.75, 3.05) is 0 Å². The molecule has 0 aliphatic heterocycles. The van der Waals surface area contributed by atoms with E-state index in [2.05, 4.69) is 25.3 Å². The molecular weight excluding hydrogens is 271 g/mol. The highest BCUT2D eigenvalue weighted by Crippen LogP contribution is 2.31. The summed E-state index contributed by atoms with van der Waals surface area (Å²) in [6, 6.07) is 0. The smallest absolute Gasteiger partial charge is 0.435 e. The molecule has 0 aromatic carbocycles. The number of nitrogens with zero attached hydrogens (tertiary/aromatic N) is 5. The van der Waals surface area contributed by atoms with Crippen LogP contribution in [0.3, 0.4) is 0 Å². The first kappa shape index (κ1) is 13.0. The fourth-order valence-corrected chi connectivity index (χ4v) is 1.38. The maximum atomic E-state index is 12.8. The van der Waals surface area contributed by atoms with Crippen LogP contribution < -0.4 is 0 Å². The molecule has 0 bridgehead atoms. The van der Waals surface area contributed by atoms with E-state index in [0.717, 1.165) is 0 Å². The van der Waals surface area contributed by atoms with Crippen LogP contribution in [-0.4, -0.2) is 36.4 Å². The molecule has 0 radical (unpaired) electrons. The lowest BCUT2D eigenvalue weighted by molar-refractivity contribution is -0.144. The summed E-state index contributed by atoms with van der Waals surface area (Å²) in [5, 5.41) is 21.6. The minimum Gasteiger partial charge on any atom is -0.476 e. The first-order chi connectivity index (χ1) is 8.80. The van der Waals surface area contributed by atoms with Gasteiger partial charge in [-0.15, -0.1) is 5.10 Å². The van der Waals surface area contributed by atoms with Gasteiger partial charge >= 0.3 is 12.1 Å². The Morgan fingerprint density at radius 3 is 2.58 bits per heavy atom. The highest BCUT2D eigenvalue weighted by Gasteiger charge is 2.41. The van der Waals surface area contributed by atoms with Gasteiger partial charge in [0.05, 0.1) is 6.54 Å². The van der Waals surface area contributed by atoms with E-state index in [1.165, 1.54) is 6.92 Å². The van der Waals surface area contributed by atoms with Crippen molar-refractivity contribution in [1.29, 1.82) is 0 Å². The molecule has 19 heavy (non-hydrogen) atoms. The molecular formula is C8H6F3N5O3. The zero-order valence-electron chi connectivity index (χ0n) is 9.34. The van der Waals surface area contributed by atoms with E-state index in [1.54, 1.807) is 0 Å². The number of halogens is 3. The first-order valence-electron chi connectivity index (χ1n) is 4.82. The molecule has 0 aliphatic rings. The van der Waals surface area contributed by atoms with E-state index in [4.69, 9.17) is 5.11 Å². The minimum absolute atomic E-state index is 0.104. The number of rotatable bonds is 3. The van der Waals surface area contributed by atoms with Gasteiger partial charge in [0.25, 0.3) is 0 Å². The zero-order chi connectivity index (χ0) is 14.2. The lowest BCUT2D eigenvalue weighted by atomic mass is 10.3. The van der Waals surface area contributed by atoms with Gasteiger partial charge in [-0.05, 0) is 6.92 Å². The SMILES string of the molecule is Cc1nonc1Cn1nnc(C(=O)O)c1C(F)(F)F. The number of carboxylic acid groups (broad SMARTS) is 1. The molecule has 1 N–H and O–H groups in total. The van der Waals surface area contributed by atoms with Crippen molar-refractivity contribution in [1.82, 2.24) is 25.3 Å². The Hall–Kier alpha value is -2.46. The Kier molecular flexibility index (Phi) is 2.96. The van der Waals surface area contributed by atoms with Crippen LogP contribution in [0.4, 0.5) is 13.2 Å². The highest BCUT2D eigenvalue weighted by atomic mass is 19.4. The van der Waals surface area contributed by atoms with Crippen LogP contribution in [-0.2, 0) is 12.7 Å². The van der Waals surface area contributed by atoms with Crippen molar-refractivity contribution in [2.45, 2.75) is 19.6 Å². The van der Waals surface area contributed by atoms with Crippen molar-refractivity contribution in [3.8, 4) is 0 Å². The Balaban J connectivity index is 2.47. The van der Waals surface area contributed by atoms with Crippen LogP contribution in [0.1, 0.15) is 27.6 Å².